The fraction of sp³-hybridized carbons (Fsp3) is 0.312. The van der Waals surface area contributed by atoms with Crippen molar-refractivity contribution in [1.29, 1.82) is 0 Å². The van der Waals surface area contributed by atoms with Crippen LogP contribution in [0.2, 0.25) is 0 Å². The largest absolute Gasteiger partial charge is 0.494 e. The summed E-state index contributed by atoms with van der Waals surface area (Å²) in [6.07, 6.45) is 2.49. The van der Waals surface area contributed by atoms with Crippen LogP contribution >= 0.6 is 11.8 Å². The Labute approximate surface area is 136 Å². The molecule has 0 amide bonds. The number of carbonyl (C=O) groups is 1. The lowest BCUT2D eigenvalue weighted by atomic mass is 10.1. The van der Waals surface area contributed by atoms with Gasteiger partial charge in [-0.2, -0.15) is 0 Å². The third kappa shape index (κ3) is 3.29. The van der Waals surface area contributed by atoms with Crippen molar-refractivity contribution in [3.05, 3.63) is 51.2 Å². The first-order chi connectivity index (χ1) is 11.1. The predicted molar refractivity (Wildman–Crippen MR) is 84.9 cm³/mol. The number of benzene rings is 1. The maximum atomic E-state index is 13.6. The van der Waals surface area contributed by atoms with Gasteiger partial charge in [-0.25, -0.2) is 9.37 Å². The summed E-state index contributed by atoms with van der Waals surface area (Å²) < 4.78 is 18.5. The lowest BCUT2D eigenvalue weighted by molar-refractivity contribution is 0.102. The predicted octanol–water partition coefficient (Wildman–Crippen LogP) is 2.38. The minimum atomic E-state index is -0.576. The number of ether oxygens (including phenoxy) is 1. The molecule has 0 saturated carbocycles. The van der Waals surface area contributed by atoms with Crippen molar-refractivity contribution >= 4 is 17.5 Å². The van der Waals surface area contributed by atoms with E-state index in [1.165, 1.54) is 19.2 Å². The van der Waals surface area contributed by atoms with Crippen molar-refractivity contribution in [3.8, 4) is 5.75 Å². The number of methoxy groups -OCH3 is 1. The standard InChI is InChI=1S/C16H15FN2O3S/c1-22-14-6-5-9(7-11(14)17)13(20)8-23-16-18-12-4-2-3-10(12)15(21)19-16/h5-7H,2-4,8H2,1H3,(H,18,19,21). The highest BCUT2D eigenvalue weighted by Gasteiger charge is 2.18. The Kier molecular flexibility index (Phi) is 4.47. The number of hydrogen-bond donors (Lipinski definition) is 1. The normalized spacial score (nSPS) is 13.0. The number of Topliss-reactive ketones (excluding diaryl/α,β-unsaturated/α-hetero) is 1. The molecule has 0 unspecified atom stereocenters. The van der Waals surface area contributed by atoms with Crippen molar-refractivity contribution in [2.75, 3.05) is 12.9 Å². The quantitative estimate of drug-likeness (QED) is 0.516. The van der Waals surface area contributed by atoms with E-state index in [0.29, 0.717) is 5.16 Å². The number of aromatic nitrogens is 2. The van der Waals surface area contributed by atoms with Gasteiger partial charge in [0.25, 0.3) is 5.56 Å². The van der Waals surface area contributed by atoms with Gasteiger partial charge in [0, 0.05) is 11.1 Å². The molecule has 7 heteroatoms. The zero-order chi connectivity index (χ0) is 16.4. The zero-order valence-electron chi connectivity index (χ0n) is 12.5. The molecule has 5 nitrogen and oxygen atoms in total. The van der Waals surface area contributed by atoms with Crippen LogP contribution in [0.5, 0.6) is 5.75 Å². The van der Waals surface area contributed by atoms with Crippen LogP contribution in [0.15, 0.2) is 28.2 Å². The smallest absolute Gasteiger partial charge is 0.254 e. The zero-order valence-corrected chi connectivity index (χ0v) is 13.3. The number of H-pyrrole nitrogens is 1. The maximum absolute atomic E-state index is 13.6. The van der Waals surface area contributed by atoms with Gasteiger partial charge >= 0.3 is 0 Å². The van der Waals surface area contributed by atoms with Crippen LogP contribution < -0.4 is 10.3 Å². The molecule has 0 spiro atoms. The number of fused-ring (bicyclic) bond motifs is 1. The highest BCUT2D eigenvalue weighted by molar-refractivity contribution is 7.99. The van der Waals surface area contributed by atoms with Crippen molar-refractivity contribution in [2.24, 2.45) is 0 Å². The van der Waals surface area contributed by atoms with Crippen LogP contribution in [0.4, 0.5) is 4.39 Å². The molecule has 0 aliphatic heterocycles. The first-order valence-electron chi connectivity index (χ1n) is 7.20. The van der Waals surface area contributed by atoms with Crippen LogP contribution in [0.3, 0.4) is 0 Å². The van der Waals surface area contributed by atoms with Crippen molar-refractivity contribution < 1.29 is 13.9 Å². The number of hydrogen-bond acceptors (Lipinski definition) is 5. The summed E-state index contributed by atoms with van der Waals surface area (Å²) in [7, 11) is 1.37. The lowest BCUT2D eigenvalue weighted by Gasteiger charge is -2.05. The van der Waals surface area contributed by atoms with E-state index in [1.54, 1.807) is 0 Å². The SMILES string of the molecule is COc1ccc(C(=O)CSc2nc3c(c(=O)[nH]2)CCC3)cc1F. The maximum Gasteiger partial charge on any atom is 0.254 e. The van der Waals surface area contributed by atoms with Gasteiger partial charge < -0.3 is 9.72 Å². The number of nitrogens with zero attached hydrogens (tertiary/aromatic N) is 1. The third-order valence-electron chi connectivity index (χ3n) is 3.73. The molecule has 1 N–H and O–H groups in total. The molecule has 1 heterocycles. The molecule has 0 radical (unpaired) electrons. The topological polar surface area (TPSA) is 72.0 Å². The van der Waals surface area contributed by atoms with Gasteiger partial charge in [-0.3, -0.25) is 9.59 Å². The van der Waals surface area contributed by atoms with E-state index in [1.807, 2.05) is 0 Å². The average molecular weight is 334 g/mol. The Balaban J connectivity index is 1.71. The Hall–Kier alpha value is -2.15. The summed E-state index contributed by atoms with van der Waals surface area (Å²) in [5.74, 6) is -0.640. The first-order valence-corrected chi connectivity index (χ1v) is 8.18. The molecular formula is C16H15FN2O3S. The molecule has 0 atom stereocenters. The number of ketones is 1. The third-order valence-corrected chi connectivity index (χ3v) is 4.61. The minimum absolute atomic E-state index is 0.0769. The van der Waals surface area contributed by atoms with Crippen molar-refractivity contribution in [2.45, 2.75) is 24.4 Å². The Morgan fingerprint density at radius 1 is 1.43 bits per heavy atom. The molecule has 23 heavy (non-hydrogen) atoms. The summed E-state index contributed by atoms with van der Waals surface area (Å²) in [4.78, 5) is 31.1. The van der Waals surface area contributed by atoms with Gasteiger partial charge in [0.1, 0.15) is 0 Å². The van der Waals surface area contributed by atoms with Gasteiger partial charge in [0.2, 0.25) is 0 Å². The van der Waals surface area contributed by atoms with Crippen LogP contribution in [0.1, 0.15) is 28.0 Å². The average Bonchev–Trinajstić information content (AvgIpc) is 3.01. The number of nitrogens with one attached hydrogen (secondary N) is 1. The summed E-state index contributed by atoms with van der Waals surface area (Å²) in [6, 6.07) is 4.09. The number of aromatic amines is 1. The van der Waals surface area contributed by atoms with Crippen molar-refractivity contribution in [3.63, 3.8) is 0 Å². The molecule has 0 fully saturated rings. The molecule has 0 bridgehead atoms. The lowest BCUT2D eigenvalue weighted by Crippen LogP contribution is -2.15. The van der Waals surface area contributed by atoms with E-state index in [2.05, 4.69) is 9.97 Å². The molecule has 120 valence electrons. The van der Waals surface area contributed by atoms with Crippen LogP contribution in [0, 0.1) is 5.82 Å². The van der Waals surface area contributed by atoms with E-state index in [0.717, 1.165) is 48.3 Å². The summed E-state index contributed by atoms with van der Waals surface area (Å²) in [6.45, 7) is 0. The van der Waals surface area contributed by atoms with Crippen LogP contribution in [-0.2, 0) is 12.8 Å². The Bertz CT molecular complexity index is 819. The second-order valence-electron chi connectivity index (χ2n) is 5.21. The fourth-order valence-corrected chi connectivity index (χ4v) is 3.32. The van der Waals surface area contributed by atoms with Gasteiger partial charge in [-0.05, 0) is 37.5 Å². The Morgan fingerprint density at radius 2 is 2.26 bits per heavy atom. The fourth-order valence-electron chi connectivity index (χ4n) is 2.54. The van der Waals surface area contributed by atoms with Gasteiger partial charge in [0.15, 0.2) is 22.5 Å². The van der Waals surface area contributed by atoms with Gasteiger partial charge in [-0.1, -0.05) is 11.8 Å². The molecule has 1 aromatic carbocycles. The number of carbonyl (C=O) groups excluding carboxylic acids is 1. The van der Waals surface area contributed by atoms with E-state index in [-0.39, 0.29) is 28.4 Å². The van der Waals surface area contributed by atoms with Gasteiger partial charge in [0.05, 0.1) is 18.6 Å². The number of rotatable bonds is 5. The molecule has 2 aromatic rings. The molecule has 1 aliphatic rings. The molecule has 1 aliphatic carbocycles. The second kappa shape index (κ2) is 6.54. The molecule has 0 saturated heterocycles. The molecule has 3 rings (SSSR count). The van der Waals surface area contributed by atoms with E-state index >= 15 is 0 Å². The monoisotopic (exact) mass is 334 g/mol. The molecule has 1 aromatic heterocycles. The van der Waals surface area contributed by atoms with E-state index < -0.39 is 5.82 Å². The highest BCUT2D eigenvalue weighted by atomic mass is 32.2. The summed E-state index contributed by atoms with van der Waals surface area (Å²) in [5.41, 5.74) is 1.70. The van der Waals surface area contributed by atoms with E-state index in [4.69, 9.17) is 4.74 Å². The first kappa shape index (κ1) is 15.7. The summed E-state index contributed by atoms with van der Waals surface area (Å²) >= 11 is 1.15. The number of halogens is 1. The molecular weight excluding hydrogens is 319 g/mol. The van der Waals surface area contributed by atoms with E-state index in [9.17, 15) is 14.0 Å². The second-order valence-corrected chi connectivity index (χ2v) is 6.18. The number of thioether (sulfide) groups is 1. The van der Waals surface area contributed by atoms with Crippen LogP contribution in [0.25, 0.3) is 0 Å². The number of aryl methyl sites for hydroxylation is 1. The van der Waals surface area contributed by atoms with Gasteiger partial charge in [-0.15, -0.1) is 0 Å². The van der Waals surface area contributed by atoms with Crippen molar-refractivity contribution in [1.82, 2.24) is 9.97 Å². The summed E-state index contributed by atoms with van der Waals surface area (Å²) in [5, 5.41) is 0.429. The minimum Gasteiger partial charge on any atom is -0.494 e. The highest BCUT2D eigenvalue weighted by Crippen LogP contribution is 2.22. The Morgan fingerprint density at radius 3 is 3.00 bits per heavy atom. The van der Waals surface area contributed by atoms with Crippen LogP contribution in [-0.4, -0.2) is 28.6 Å².